The molecule has 62 valence electrons. The van der Waals surface area contributed by atoms with E-state index in [4.69, 9.17) is 0 Å². The second kappa shape index (κ2) is 4.38. The average molecular weight is 162 g/mol. The maximum Gasteiger partial charge on any atom is 0.153 e. The topological polar surface area (TPSA) is 41.8 Å². The number of carbonyl (C=O) groups excluding carboxylic acids is 1. The van der Waals surface area contributed by atoms with E-state index in [2.05, 4.69) is 10.2 Å². The molecule has 0 saturated carbocycles. The second-order valence-corrected chi connectivity index (χ2v) is 2.44. The monoisotopic (exact) mass is 162 g/mol. The van der Waals surface area contributed by atoms with E-state index >= 15 is 0 Å². The fourth-order valence-electron chi connectivity index (χ4n) is 0.711. The number of Topliss-reactive ketones (excluding diaryl/α,β-unsaturated/α-hetero) is 1. The summed E-state index contributed by atoms with van der Waals surface area (Å²) in [5.74, 6) is 0.0229. The van der Waals surface area contributed by atoms with Crippen LogP contribution in [0.25, 0.3) is 0 Å². The molecule has 1 rings (SSSR count). The molecule has 0 aliphatic carbocycles. The normalized spacial score (nSPS) is 10.4. The van der Waals surface area contributed by atoms with Gasteiger partial charge in [0.25, 0.3) is 0 Å². The van der Waals surface area contributed by atoms with Crippen molar-refractivity contribution in [3.05, 3.63) is 30.3 Å². The minimum atomic E-state index is 0.0229. The van der Waals surface area contributed by atoms with Crippen molar-refractivity contribution in [1.29, 1.82) is 0 Å². The zero-order chi connectivity index (χ0) is 8.81. The summed E-state index contributed by atoms with van der Waals surface area (Å²) in [6, 6.07) is 9.33. The molecule has 3 nitrogen and oxygen atoms in total. The molecule has 0 heterocycles. The number of rotatable bonds is 3. The molecule has 0 radical (unpaired) electrons. The SMILES string of the molecule is CC(=O)CN=Nc1ccccc1. The maximum absolute atomic E-state index is 10.5. The van der Waals surface area contributed by atoms with Crippen molar-refractivity contribution >= 4 is 11.5 Å². The van der Waals surface area contributed by atoms with Gasteiger partial charge in [-0.2, -0.15) is 10.2 Å². The van der Waals surface area contributed by atoms with Gasteiger partial charge in [0.1, 0.15) is 6.54 Å². The molecule has 0 atom stereocenters. The highest BCUT2D eigenvalue weighted by atomic mass is 16.1. The molecule has 0 aliphatic heterocycles. The van der Waals surface area contributed by atoms with Crippen molar-refractivity contribution in [3.8, 4) is 0 Å². The van der Waals surface area contributed by atoms with E-state index in [1.165, 1.54) is 6.92 Å². The Morgan fingerprint density at radius 3 is 2.58 bits per heavy atom. The van der Waals surface area contributed by atoms with E-state index in [-0.39, 0.29) is 12.3 Å². The molecule has 1 aromatic carbocycles. The summed E-state index contributed by atoms with van der Waals surface area (Å²) in [6.07, 6.45) is 0. The van der Waals surface area contributed by atoms with Crippen LogP contribution in [0, 0.1) is 0 Å². The quantitative estimate of drug-likeness (QED) is 0.629. The maximum atomic E-state index is 10.5. The summed E-state index contributed by atoms with van der Waals surface area (Å²) in [5.41, 5.74) is 0.777. The Balaban J connectivity index is 2.52. The standard InChI is InChI=1S/C9H10N2O/c1-8(12)7-10-11-9-5-3-2-4-6-9/h2-6H,7H2,1H3. The lowest BCUT2D eigenvalue weighted by atomic mass is 10.3. The number of azo groups is 1. The number of carbonyl (C=O) groups is 1. The van der Waals surface area contributed by atoms with Gasteiger partial charge in [-0.25, -0.2) is 0 Å². The fourth-order valence-corrected chi connectivity index (χ4v) is 0.711. The highest BCUT2D eigenvalue weighted by Crippen LogP contribution is 2.09. The lowest BCUT2D eigenvalue weighted by Crippen LogP contribution is -1.92. The Bertz CT molecular complexity index is 280. The molecule has 3 heteroatoms. The van der Waals surface area contributed by atoms with Crippen LogP contribution in [0.15, 0.2) is 40.6 Å². The highest BCUT2D eigenvalue weighted by molar-refractivity contribution is 5.77. The van der Waals surface area contributed by atoms with Gasteiger partial charge in [-0.15, -0.1) is 0 Å². The van der Waals surface area contributed by atoms with Crippen LogP contribution < -0.4 is 0 Å². The van der Waals surface area contributed by atoms with Crippen molar-refractivity contribution in [3.63, 3.8) is 0 Å². The Morgan fingerprint density at radius 1 is 1.33 bits per heavy atom. The smallest absolute Gasteiger partial charge is 0.153 e. The zero-order valence-corrected chi connectivity index (χ0v) is 6.90. The molecule has 0 spiro atoms. The minimum Gasteiger partial charge on any atom is -0.298 e. The summed E-state index contributed by atoms with van der Waals surface area (Å²) in [4.78, 5) is 10.5. The molecule has 0 aromatic heterocycles. The molecule has 12 heavy (non-hydrogen) atoms. The first kappa shape index (κ1) is 8.59. The van der Waals surface area contributed by atoms with Gasteiger partial charge in [0.2, 0.25) is 0 Å². The van der Waals surface area contributed by atoms with Crippen LogP contribution in [0.5, 0.6) is 0 Å². The number of benzene rings is 1. The van der Waals surface area contributed by atoms with Gasteiger partial charge in [-0.3, -0.25) is 4.79 Å². The lowest BCUT2D eigenvalue weighted by Gasteiger charge is -1.88. The van der Waals surface area contributed by atoms with Crippen LogP contribution in [0.4, 0.5) is 5.69 Å². The average Bonchev–Trinajstić information content (AvgIpc) is 2.05. The van der Waals surface area contributed by atoms with Crippen molar-refractivity contribution in [2.45, 2.75) is 6.92 Å². The van der Waals surface area contributed by atoms with Gasteiger partial charge in [-0.1, -0.05) is 18.2 Å². The van der Waals surface area contributed by atoms with Crippen LogP contribution in [-0.4, -0.2) is 12.3 Å². The van der Waals surface area contributed by atoms with E-state index in [9.17, 15) is 4.79 Å². The fraction of sp³-hybridized carbons (Fsp3) is 0.222. The summed E-state index contributed by atoms with van der Waals surface area (Å²) in [7, 11) is 0. The zero-order valence-electron chi connectivity index (χ0n) is 6.90. The van der Waals surface area contributed by atoms with E-state index in [0.29, 0.717) is 0 Å². The van der Waals surface area contributed by atoms with Crippen LogP contribution in [0.1, 0.15) is 6.92 Å². The van der Waals surface area contributed by atoms with Gasteiger partial charge in [0.15, 0.2) is 5.78 Å². The Labute approximate surface area is 71.1 Å². The summed E-state index contributed by atoms with van der Waals surface area (Å²) in [5, 5.41) is 7.57. The van der Waals surface area contributed by atoms with Crippen LogP contribution in [-0.2, 0) is 4.79 Å². The second-order valence-electron chi connectivity index (χ2n) is 2.44. The Hall–Kier alpha value is -1.51. The molecule has 0 amide bonds. The van der Waals surface area contributed by atoms with E-state index in [1.54, 1.807) is 0 Å². The van der Waals surface area contributed by atoms with Gasteiger partial charge >= 0.3 is 0 Å². The summed E-state index contributed by atoms with van der Waals surface area (Å²) >= 11 is 0. The molecular weight excluding hydrogens is 152 g/mol. The third kappa shape index (κ3) is 3.05. The van der Waals surface area contributed by atoms with E-state index in [0.717, 1.165) is 5.69 Å². The predicted molar refractivity (Wildman–Crippen MR) is 46.5 cm³/mol. The number of nitrogens with zero attached hydrogens (tertiary/aromatic N) is 2. The van der Waals surface area contributed by atoms with Crippen molar-refractivity contribution in [2.75, 3.05) is 6.54 Å². The number of hydrogen-bond acceptors (Lipinski definition) is 3. The molecule has 0 bridgehead atoms. The van der Waals surface area contributed by atoms with Gasteiger partial charge in [0.05, 0.1) is 5.69 Å². The van der Waals surface area contributed by atoms with Crippen LogP contribution >= 0.6 is 0 Å². The Kier molecular flexibility index (Phi) is 3.14. The molecular formula is C9H10N2O. The predicted octanol–water partition coefficient (Wildman–Crippen LogP) is 2.36. The first-order valence-corrected chi connectivity index (χ1v) is 3.71. The summed E-state index contributed by atoms with van der Waals surface area (Å²) < 4.78 is 0. The summed E-state index contributed by atoms with van der Waals surface area (Å²) in [6.45, 7) is 1.65. The lowest BCUT2D eigenvalue weighted by molar-refractivity contribution is -0.115. The molecule has 0 saturated heterocycles. The highest BCUT2D eigenvalue weighted by Gasteiger charge is 1.88. The molecule has 0 unspecified atom stereocenters. The van der Waals surface area contributed by atoms with Crippen LogP contribution in [0.3, 0.4) is 0 Å². The van der Waals surface area contributed by atoms with Gasteiger partial charge in [-0.05, 0) is 19.1 Å². The molecule has 0 aliphatic rings. The molecule has 1 aromatic rings. The van der Waals surface area contributed by atoms with Crippen molar-refractivity contribution in [1.82, 2.24) is 0 Å². The first-order valence-electron chi connectivity index (χ1n) is 3.71. The Morgan fingerprint density at radius 2 is 2.00 bits per heavy atom. The number of hydrogen-bond donors (Lipinski definition) is 0. The third-order valence-corrected chi connectivity index (χ3v) is 1.24. The largest absolute Gasteiger partial charge is 0.298 e. The number of ketones is 1. The molecule has 0 N–H and O–H groups in total. The van der Waals surface area contributed by atoms with Gasteiger partial charge < -0.3 is 0 Å². The van der Waals surface area contributed by atoms with Crippen molar-refractivity contribution < 1.29 is 4.79 Å². The van der Waals surface area contributed by atoms with Crippen molar-refractivity contribution in [2.24, 2.45) is 10.2 Å². The first-order chi connectivity index (χ1) is 5.79. The molecule has 0 fully saturated rings. The van der Waals surface area contributed by atoms with E-state index in [1.807, 2.05) is 30.3 Å². The van der Waals surface area contributed by atoms with E-state index < -0.39 is 0 Å². The van der Waals surface area contributed by atoms with Crippen LogP contribution in [0.2, 0.25) is 0 Å². The van der Waals surface area contributed by atoms with Gasteiger partial charge in [0, 0.05) is 0 Å². The third-order valence-electron chi connectivity index (χ3n) is 1.24. The minimum absolute atomic E-state index is 0.0229.